The molecule has 0 spiro atoms. The van der Waals surface area contributed by atoms with Crippen molar-refractivity contribution >= 4 is 22.9 Å². The number of aromatic nitrogens is 4. The smallest absolute Gasteiger partial charge is 0.335 e. The standard InChI is InChI=1S/C21H19N5O4/c1-12-4-7-14(8-5-12)26-19(28)15(18(27)23-20(26)29)11-22-13-6-9-16-17(10-13)25(3)21(30)24(16)2/h4-11,28H,1-3H3,(H,23,27,29). The number of aryl methyl sites for hydroxylation is 3. The normalized spacial score (nSPS) is 11.6. The zero-order valence-corrected chi connectivity index (χ0v) is 16.6. The molecule has 0 aliphatic heterocycles. The third-order valence-electron chi connectivity index (χ3n) is 5.01. The Bertz CT molecular complexity index is 1480. The molecule has 2 heterocycles. The highest BCUT2D eigenvalue weighted by molar-refractivity contribution is 5.86. The number of aromatic hydroxyl groups is 1. The lowest BCUT2D eigenvalue weighted by molar-refractivity contribution is 0.430. The van der Waals surface area contributed by atoms with Crippen LogP contribution >= 0.6 is 0 Å². The van der Waals surface area contributed by atoms with Crippen LogP contribution in [-0.2, 0) is 14.1 Å². The average Bonchev–Trinajstić information content (AvgIpc) is 2.93. The SMILES string of the molecule is Cc1ccc(-n2c(O)c(C=Nc3ccc4c(c3)n(C)c(=O)n4C)c(=O)[nH]c2=O)cc1. The number of imidazole rings is 1. The molecule has 2 aromatic carbocycles. The molecule has 0 aliphatic carbocycles. The number of fused-ring (bicyclic) bond motifs is 1. The molecule has 0 amide bonds. The molecule has 0 aliphatic rings. The molecule has 0 saturated carbocycles. The summed E-state index contributed by atoms with van der Waals surface area (Å²) in [6, 6.07) is 12.1. The first-order valence-electron chi connectivity index (χ1n) is 9.13. The van der Waals surface area contributed by atoms with Crippen LogP contribution in [0.1, 0.15) is 11.1 Å². The van der Waals surface area contributed by atoms with Crippen molar-refractivity contribution in [2.75, 3.05) is 0 Å². The fourth-order valence-corrected chi connectivity index (χ4v) is 3.30. The van der Waals surface area contributed by atoms with Crippen molar-refractivity contribution in [3.8, 4) is 11.6 Å². The van der Waals surface area contributed by atoms with Gasteiger partial charge in [0.05, 0.1) is 22.4 Å². The third kappa shape index (κ3) is 3.06. The number of nitrogens with one attached hydrogen (secondary N) is 1. The van der Waals surface area contributed by atoms with Crippen LogP contribution in [-0.4, -0.2) is 30.0 Å². The minimum absolute atomic E-state index is 0.155. The van der Waals surface area contributed by atoms with Crippen LogP contribution in [0.2, 0.25) is 0 Å². The van der Waals surface area contributed by atoms with Crippen LogP contribution in [0.25, 0.3) is 16.7 Å². The van der Waals surface area contributed by atoms with Gasteiger partial charge in [-0.1, -0.05) is 17.7 Å². The van der Waals surface area contributed by atoms with Gasteiger partial charge in [-0.15, -0.1) is 0 Å². The molecular weight excluding hydrogens is 386 g/mol. The summed E-state index contributed by atoms with van der Waals surface area (Å²) < 4.78 is 4.03. The maximum atomic E-state index is 12.3. The van der Waals surface area contributed by atoms with Crippen molar-refractivity contribution in [2.24, 2.45) is 19.1 Å². The predicted molar refractivity (Wildman–Crippen MR) is 114 cm³/mol. The quantitative estimate of drug-likeness (QED) is 0.503. The number of aliphatic imine (C=N–C) groups is 1. The third-order valence-corrected chi connectivity index (χ3v) is 5.01. The van der Waals surface area contributed by atoms with Crippen molar-refractivity contribution in [1.29, 1.82) is 0 Å². The highest BCUT2D eigenvalue weighted by atomic mass is 16.3. The Morgan fingerprint density at radius 1 is 0.967 bits per heavy atom. The van der Waals surface area contributed by atoms with E-state index in [9.17, 15) is 19.5 Å². The van der Waals surface area contributed by atoms with E-state index in [-0.39, 0.29) is 11.3 Å². The van der Waals surface area contributed by atoms with E-state index in [2.05, 4.69) is 9.98 Å². The molecule has 9 nitrogen and oxygen atoms in total. The first-order chi connectivity index (χ1) is 14.3. The fourth-order valence-electron chi connectivity index (χ4n) is 3.30. The zero-order chi connectivity index (χ0) is 21.6. The van der Waals surface area contributed by atoms with Crippen molar-refractivity contribution < 1.29 is 5.11 Å². The molecule has 30 heavy (non-hydrogen) atoms. The molecule has 0 unspecified atom stereocenters. The summed E-state index contributed by atoms with van der Waals surface area (Å²) in [6.45, 7) is 1.90. The maximum absolute atomic E-state index is 12.3. The Balaban J connectivity index is 1.82. The van der Waals surface area contributed by atoms with E-state index >= 15 is 0 Å². The number of nitrogens with zero attached hydrogens (tertiary/aromatic N) is 4. The lowest BCUT2D eigenvalue weighted by atomic mass is 10.2. The van der Waals surface area contributed by atoms with Crippen molar-refractivity contribution in [1.82, 2.24) is 18.7 Å². The summed E-state index contributed by atoms with van der Waals surface area (Å²) in [6.07, 6.45) is 1.19. The summed E-state index contributed by atoms with van der Waals surface area (Å²) >= 11 is 0. The van der Waals surface area contributed by atoms with Gasteiger partial charge in [0.25, 0.3) is 5.56 Å². The Morgan fingerprint density at radius 3 is 2.33 bits per heavy atom. The van der Waals surface area contributed by atoms with E-state index in [1.165, 1.54) is 15.3 Å². The van der Waals surface area contributed by atoms with Gasteiger partial charge in [0.15, 0.2) is 0 Å². The molecule has 2 N–H and O–H groups in total. The summed E-state index contributed by atoms with van der Waals surface area (Å²) in [5, 5.41) is 10.6. The number of hydrogen-bond donors (Lipinski definition) is 2. The molecule has 0 bridgehead atoms. The largest absolute Gasteiger partial charge is 0.493 e. The first kappa shape index (κ1) is 19.2. The minimum atomic E-state index is -0.752. The van der Waals surface area contributed by atoms with Gasteiger partial charge in [-0.2, -0.15) is 0 Å². The van der Waals surface area contributed by atoms with Gasteiger partial charge in [0.2, 0.25) is 5.88 Å². The van der Waals surface area contributed by atoms with Crippen molar-refractivity contribution in [3.63, 3.8) is 0 Å². The van der Waals surface area contributed by atoms with Crippen molar-refractivity contribution in [3.05, 3.63) is 84.9 Å². The fraction of sp³-hybridized carbons (Fsp3) is 0.143. The van der Waals surface area contributed by atoms with Gasteiger partial charge in [0, 0.05) is 20.3 Å². The predicted octanol–water partition coefficient (Wildman–Crippen LogP) is 1.48. The molecule has 2 aromatic heterocycles. The topological polar surface area (TPSA) is 114 Å². The molecule has 152 valence electrons. The average molecular weight is 405 g/mol. The van der Waals surface area contributed by atoms with Gasteiger partial charge in [0.1, 0.15) is 5.56 Å². The molecule has 0 saturated heterocycles. The summed E-state index contributed by atoms with van der Waals surface area (Å²) in [5.74, 6) is -0.510. The molecule has 9 heteroatoms. The molecular formula is C21H19N5O4. The molecule has 0 radical (unpaired) electrons. The van der Waals surface area contributed by atoms with E-state index in [1.54, 1.807) is 56.6 Å². The Hall–Kier alpha value is -4.14. The highest BCUT2D eigenvalue weighted by Crippen LogP contribution is 2.21. The second-order valence-electron chi connectivity index (χ2n) is 7.00. The number of aromatic amines is 1. The van der Waals surface area contributed by atoms with Gasteiger partial charge in [-0.3, -0.25) is 23.9 Å². The minimum Gasteiger partial charge on any atom is -0.493 e. The van der Waals surface area contributed by atoms with Crippen LogP contribution < -0.4 is 16.9 Å². The number of hydrogen-bond acceptors (Lipinski definition) is 5. The van der Waals surface area contributed by atoms with Crippen molar-refractivity contribution in [2.45, 2.75) is 6.92 Å². The van der Waals surface area contributed by atoms with Gasteiger partial charge >= 0.3 is 11.4 Å². The second kappa shape index (κ2) is 7.03. The summed E-state index contributed by atoms with van der Waals surface area (Å²) in [5.41, 5.74) is 1.49. The molecule has 0 atom stereocenters. The number of benzene rings is 2. The Kier molecular flexibility index (Phi) is 4.50. The lowest BCUT2D eigenvalue weighted by Crippen LogP contribution is -2.31. The van der Waals surface area contributed by atoms with Crippen LogP contribution in [0.5, 0.6) is 5.88 Å². The maximum Gasteiger partial charge on any atom is 0.335 e. The van der Waals surface area contributed by atoms with Crippen LogP contribution in [0, 0.1) is 6.92 Å². The van der Waals surface area contributed by atoms with Crippen LogP contribution in [0.3, 0.4) is 0 Å². The zero-order valence-electron chi connectivity index (χ0n) is 16.6. The molecule has 4 aromatic rings. The van der Waals surface area contributed by atoms with E-state index < -0.39 is 17.1 Å². The monoisotopic (exact) mass is 405 g/mol. The van der Waals surface area contributed by atoms with Gasteiger partial charge in [-0.05, 0) is 37.3 Å². The summed E-state index contributed by atoms with van der Waals surface area (Å²) in [4.78, 5) is 43.1. The van der Waals surface area contributed by atoms with Crippen LogP contribution in [0.15, 0.2) is 61.8 Å². The van der Waals surface area contributed by atoms with E-state index in [0.29, 0.717) is 16.9 Å². The summed E-state index contributed by atoms with van der Waals surface area (Å²) in [7, 11) is 3.34. The second-order valence-corrected chi connectivity index (χ2v) is 7.00. The Morgan fingerprint density at radius 2 is 1.63 bits per heavy atom. The van der Waals surface area contributed by atoms with E-state index in [0.717, 1.165) is 15.6 Å². The van der Waals surface area contributed by atoms with Crippen LogP contribution in [0.4, 0.5) is 5.69 Å². The number of rotatable bonds is 3. The lowest BCUT2D eigenvalue weighted by Gasteiger charge is -2.09. The Labute approximate surface area is 169 Å². The highest BCUT2D eigenvalue weighted by Gasteiger charge is 2.14. The van der Waals surface area contributed by atoms with E-state index in [4.69, 9.17) is 0 Å². The molecule has 4 rings (SSSR count). The molecule has 0 fully saturated rings. The van der Waals surface area contributed by atoms with Gasteiger partial charge < -0.3 is 5.11 Å². The number of H-pyrrole nitrogens is 1. The first-order valence-corrected chi connectivity index (χ1v) is 9.13. The van der Waals surface area contributed by atoms with Gasteiger partial charge in [-0.25, -0.2) is 14.2 Å². The van der Waals surface area contributed by atoms with E-state index in [1.807, 2.05) is 6.92 Å².